The SMILES string of the molecule is Nc1ccc(Oc2cc(Br)ccc2Cl)nn1. The number of aromatic nitrogens is 2. The molecule has 0 aliphatic rings. The summed E-state index contributed by atoms with van der Waals surface area (Å²) in [6.07, 6.45) is 0. The summed E-state index contributed by atoms with van der Waals surface area (Å²) in [6.45, 7) is 0. The van der Waals surface area contributed by atoms with E-state index in [4.69, 9.17) is 22.1 Å². The molecule has 0 radical (unpaired) electrons. The quantitative estimate of drug-likeness (QED) is 0.924. The van der Waals surface area contributed by atoms with E-state index < -0.39 is 0 Å². The van der Waals surface area contributed by atoms with Crippen LogP contribution in [0.1, 0.15) is 0 Å². The Morgan fingerprint density at radius 2 is 2.00 bits per heavy atom. The van der Waals surface area contributed by atoms with Crippen LogP contribution >= 0.6 is 27.5 Å². The summed E-state index contributed by atoms with van der Waals surface area (Å²) < 4.78 is 6.32. The molecule has 0 aliphatic carbocycles. The highest BCUT2D eigenvalue weighted by Crippen LogP contribution is 2.30. The molecule has 6 heteroatoms. The summed E-state index contributed by atoms with van der Waals surface area (Å²) in [6, 6.07) is 8.53. The number of nitrogens with two attached hydrogens (primary N) is 1. The molecule has 2 N–H and O–H groups in total. The molecule has 4 nitrogen and oxygen atoms in total. The average molecular weight is 301 g/mol. The molecule has 0 fully saturated rings. The Bertz CT molecular complexity index is 504. The molecule has 1 aromatic carbocycles. The lowest BCUT2D eigenvalue weighted by molar-refractivity contribution is 0.455. The number of rotatable bonds is 2. The Hall–Kier alpha value is -1.33. The van der Waals surface area contributed by atoms with E-state index in [0.717, 1.165) is 4.47 Å². The Morgan fingerprint density at radius 3 is 2.69 bits per heavy atom. The van der Waals surface area contributed by atoms with Crippen LogP contribution in [0.4, 0.5) is 5.82 Å². The van der Waals surface area contributed by atoms with E-state index in [2.05, 4.69) is 26.1 Å². The Kier molecular flexibility index (Phi) is 3.26. The van der Waals surface area contributed by atoms with Crippen LogP contribution in [-0.4, -0.2) is 10.2 Å². The van der Waals surface area contributed by atoms with Gasteiger partial charge >= 0.3 is 0 Å². The van der Waals surface area contributed by atoms with E-state index in [0.29, 0.717) is 22.5 Å². The largest absolute Gasteiger partial charge is 0.436 e. The van der Waals surface area contributed by atoms with Gasteiger partial charge in [-0.1, -0.05) is 27.5 Å². The third kappa shape index (κ3) is 2.62. The molecule has 1 heterocycles. The van der Waals surface area contributed by atoms with Crippen molar-refractivity contribution in [3.05, 3.63) is 39.8 Å². The van der Waals surface area contributed by atoms with Gasteiger partial charge in [-0.25, -0.2) is 0 Å². The van der Waals surface area contributed by atoms with Crippen molar-refractivity contribution in [2.45, 2.75) is 0 Å². The average Bonchev–Trinajstić information content (AvgIpc) is 2.27. The summed E-state index contributed by atoms with van der Waals surface area (Å²) in [5.74, 6) is 1.19. The first-order valence-electron chi connectivity index (χ1n) is 4.37. The smallest absolute Gasteiger partial charge is 0.239 e. The lowest BCUT2D eigenvalue weighted by Gasteiger charge is -2.06. The minimum Gasteiger partial charge on any atom is -0.436 e. The molecular formula is C10H7BrClN3O. The third-order valence-electron chi connectivity index (χ3n) is 1.77. The van der Waals surface area contributed by atoms with Gasteiger partial charge < -0.3 is 10.5 Å². The first kappa shape index (κ1) is 11.2. The molecule has 0 aliphatic heterocycles. The van der Waals surface area contributed by atoms with Crippen LogP contribution in [0.15, 0.2) is 34.8 Å². The van der Waals surface area contributed by atoms with Gasteiger partial charge in [0.15, 0.2) is 0 Å². The standard InChI is InChI=1S/C10H7BrClN3O/c11-6-1-2-7(12)8(5-6)16-10-4-3-9(13)14-15-10/h1-5H,(H2,13,14). The van der Waals surface area contributed by atoms with E-state index >= 15 is 0 Å². The number of nitrogens with zero attached hydrogens (tertiary/aromatic N) is 2. The summed E-state index contributed by atoms with van der Waals surface area (Å²) in [4.78, 5) is 0. The second kappa shape index (κ2) is 4.67. The molecule has 82 valence electrons. The Labute approximate surface area is 106 Å². The minimum absolute atomic E-state index is 0.340. The zero-order valence-corrected chi connectivity index (χ0v) is 10.4. The fourth-order valence-corrected chi connectivity index (χ4v) is 1.55. The fraction of sp³-hybridized carbons (Fsp3) is 0. The topological polar surface area (TPSA) is 61.0 Å². The van der Waals surface area contributed by atoms with E-state index in [1.807, 2.05) is 6.07 Å². The summed E-state index contributed by atoms with van der Waals surface area (Å²) >= 11 is 9.29. The molecule has 1 aromatic heterocycles. The highest BCUT2D eigenvalue weighted by molar-refractivity contribution is 9.10. The fourth-order valence-electron chi connectivity index (χ4n) is 1.05. The lowest BCUT2D eigenvalue weighted by Crippen LogP contribution is -1.95. The number of hydrogen-bond acceptors (Lipinski definition) is 4. The van der Waals surface area contributed by atoms with Crippen molar-refractivity contribution in [1.82, 2.24) is 10.2 Å². The van der Waals surface area contributed by atoms with Gasteiger partial charge in [0.05, 0.1) is 5.02 Å². The van der Waals surface area contributed by atoms with Gasteiger partial charge in [0, 0.05) is 10.5 Å². The lowest BCUT2D eigenvalue weighted by atomic mass is 10.3. The maximum Gasteiger partial charge on any atom is 0.239 e. The van der Waals surface area contributed by atoms with Crippen molar-refractivity contribution in [1.29, 1.82) is 0 Å². The number of anilines is 1. The van der Waals surface area contributed by atoms with Crippen LogP contribution < -0.4 is 10.5 Å². The highest BCUT2D eigenvalue weighted by Gasteiger charge is 2.05. The molecule has 0 unspecified atom stereocenters. The van der Waals surface area contributed by atoms with Crippen LogP contribution in [0.3, 0.4) is 0 Å². The van der Waals surface area contributed by atoms with E-state index in [9.17, 15) is 0 Å². The number of halogens is 2. The van der Waals surface area contributed by atoms with E-state index in [-0.39, 0.29) is 0 Å². The molecule has 0 atom stereocenters. The zero-order valence-electron chi connectivity index (χ0n) is 8.02. The van der Waals surface area contributed by atoms with Gasteiger partial charge in [-0.3, -0.25) is 0 Å². The summed E-state index contributed by atoms with van der Waals surface area (Å²) in [5, 5.41) is 7.95. The molecule has 16 heavy (non-hydrogen) atoms. The number of ether oxygens (including phenoxy) is 1. The minimum atomic E-state index is 0.340. The van der Waals surface area contributed by atoms with Gasteiger partial charge in [0.25, 0.3) is 0 Å². The number of nitrogen functional groups attached to an aromatic ring is 1. The van der Waals surface area contributed by atoms with Crippen molar-refractivity contribution in [2.24, 2.45) is 0 Å². The zero-order chi connectivity index (χ0) is 11.5. The predicted octanol–water partition coefficient (Wildman–Crippen LogP) is 3.27. The third-order valence-corrected chi connectivity index (χ3v) is 2.57. The molecule has 0 saturated carbocycles. The molecule has 2 aromatic rings. The number of benzene rings is 1. The Balaban J connectivity index is 2.26. The first-order chi connectivity index (χ1) is 7.65. The van der Waals surface area contributed by atoms with Gasteiger partial charge in [0.1, 0.15) is 11.6 Å². The molecular weight excluding hydrogens is 293 g/mol. The van der Waals surface area contributed by atoms with Crippen LogP contribution in [0.25, 0.3) is 0 Å². The molecule has 2 rings (SSSR count). The maximum atomic E-state index is 5.96. The number of hydrogen-bond donors (Lipinski definition) is 1. The molecule has 0 amide bonds. The molecule has 0 bridgehead atoms. The van der Waals surface area contributed by atoms with Gasteiger partial charge in [-0.2, -0.15) is 0 Å². The van der Waals surface area contributed by atoms with Crippen LogP contribution in [-0.2, 0) is 0 Å². The monoisotopic (exact) mass is 299 g/mol. The van der Waals surface area contributed by atoms with Crippen molar-refractivity contribution in [3.8, 4) is 11.6 Å². The van der Waals surface area contributed by atoms with Gasteiger partial charge in [-0.05, 0) is 24.3 Å². The first-order valence-corrected chi connectivity index (χ1v) is 5.54. The van der Waals surface area contributed by atoms with E-state index in [1.54, 1.807) is 24.3 Å². The van der Waals surface area contributed by atoms with Crippen LogP contribution in [0.5, 0.6) is 11.6 Å². The molecule has 0 spiro atoms. The van der Waals surface area contributed by atoms with Crippen molar-refractivity contribution in [2.75, 3.05) is 5.73 Å². The van der Waals surface area contributed by atoms with Crippen molar-refractivity contribution in [3.63, 3.8) is 0 Å². The summed E-state index contributed by atoms with van der Waals surface area (Å²) in [5.41, 5.74) is 5.41. The Morgan fingerprint density at radius 1 is 1.19 bits per heavy atom. The second-order valence-electron chi connectivity index (χ2n) is 2.97. The van der Waals surface area contributed by atoms with E-state index in [1.165, 1.54) is 0 Å². The highest BCUT2D eigenvalue weighted by atomic mass is 79.9. The summed E-state index contributed by atoms with van der Waals surface area (Å²) in [7, 11) is 0. The predicted molar refractivity (Wildman–Crippen MR) is 65.7 cm³/mol. The van der Waals surface area contributed by atoms with Gasteiger partial charge in [0.2, 0.25) is 5.88 Å². The van der Waals surface area contributed by atoms with Crippen LogP contribution in [0.2, 0.25) is 5.02 Å². The maximum absolute atomic E-state index is 5.96. The van der Waals surface area contributed by atoms with Crippen molar-refractivity contribution < 1.29 is 4.74 Å². The van der Waals surface area contributed by atoms with Gasteiger partial charge in [-0.15, -0.1) is 10.2 Å². The van der Waals surface area contributed by atoms with Crippen LogP contribution in [0, 0.1) is 0 Å². The van der Waals surface area contributed by atoms with Crippen molar-refractivity contribution >= 4 is 33.3 Å². The normalized spacial score (nSPS) is 10.1. The second-order valence-corrected chi connectivity index (χ2v) is 4.30. The molecule has 0 saturated heterocycles.